The molecule has 0 aliphatic rings. The summed E-state index contributed by atoms with van der Waals surface area (Å²) in [6.07, 6.45) is 0. The van der Waals surface area contributed by atoms with Crippen LogP contribution in [0.5, 0.6) is 0 Å². The van der Waals surface area contributed by atoms with Crippen LogP contribution in [0, 0.1) is 12.7 Å². The Kier molecular flexibility index (Phi) is 3.93. The molecule has 2 rings (SSSR count). The first kappa shape index (κ1) is 12.7. The van der Waals surface area contributed by atoms with E-state index in [1.54, 1.807) is 23.5 Å². The molecule has 1 atom stereocenters. The number of halogens is 2. The van der Waals surface area contributed by atoms with Gasteiger partial charge in [0.1, 0.15) is 5.82 Å². The van der Waals surface area contributed by atoms with Crippen molar-refractivity contribution in [3.63, 3.8) is 0 Å². The fourth-order valence-electron chi connectivity index (χ4n) is 1.70. The number of nitrogens with two attached hydrogens (primary N) is 1. The molecule has 1 aromatic heterocycles. The maximum Gasteiger partial charge on any atom is 0.137 e. The monoisotopic (exact) mass is 314 g/mol. The van der Waals surface area contributed by atoms with Gasteiger partial charge in [-0.2, -0.15) is 0 Å². The van der Waals surface area contributed by atoms with Crippen LogP contribution in [0.3, 0.4) is 0 Å². The van der Waals surface area contributed by atoms with E-state index >= 15 is 0 Å². The normalized spacial score (nSPS) is 12.7. The largest absolute Gasteiger partial charge is 0.271 e. The second-order valence-corrected chi connectivity index (χ2v) is 5.54. The number of thiophene rings is 1. The number of rotatable bonds is 3. The van der Waals surface area contributed by atoms with Gasteiger partial charge >= 0.3 is 0 Å². The second kappa shape index (κ2) is 5.27. The first-order valence-corrected chi connectivity index (χ1v) is 6.76. The lowest BCUT2D eigenvalue weighted by Crippen LogP contribution is -2.28. The number of hydrogen-bond donors (Lipinski definition) is 2. The summed E-state index contributed by atoms with van der Waals surface area (Å²) in [4.78, 5) is 1.14. The molecule has 2 nitrogen and oxygen atoms in total. The summed E-state index contributed by atoms with van der Waals surface area (Å²) in [5.74, 6) is 5.33. The molecule has 0 saturated carbocycles. The van der Waals surface area contributed by atoms with E-state index in [-0.39, 0.29) is 11.9 Å². The van der Waals surface area contributed by atoms with Crippen LogP contribution < -0.4 is 11.3 Å². The summed E-state index contributed by atoms with van der Waals surface area (Å²) in [5, 5.41) is 2.02. The molecule has 3 N–H and O–H groups in total. The van der Waals surface area contributed by atoms with Crippen molar-refractivity contribution in [3.05, 3.63) is 55.9 Å². The predicted octanol–water partition coefficient (Wildman–Crippen LogP) is 3.51. The van der Waals surface area contributed by atoms with Crippen molar-refractivity contribution >= 4 is 27.3 Å². The van der Waals surface area contributed by atoms with E-state index in [0.717, 1.165) is 10.4 Å². The summed E-state index contributed by atoms with van der Waals surface area (Å²) in [6, 6.07) is 6.87. The second-order valence-electron chi connectivity index (χ2n) is 3.74. The summed E-state index contributed by atoms with van der Waals surface area (Å²) in [6.45, 7) is 2.04. The van der Waals surface area contributed by atoms with Gasteiger partial charge in [-0.3, -0.25) is 5.84 Å². The molecule has 90 valence electrons. The summed E-state index contributed by atoms with van der Waals surface area (Å²) in [7, 11) is 0. The SMILES string of the molecule is Cc1ccsc1C(NN)c1ccc(F)c(Br)c1. The zero-order chi connectivity index (χ0) is 12.4. The molecule has 2 aromatic rings. The lowest BCUT2D eigenvalue weighted by molar-refractivity contribution is 0.612. The maximum atomic E-state index is 13.2. The highest BCUT2D eigenvalue weighted by molar-refractivity contribution is 9.10. The first-order chi connectivity index (χ1) is 8.13. The van der Waals surface area contributed by atoms with Gasteiger partial charge in [-0.25, -0.2) is 9.82 Å². The maximum absolute atomic E-state index is 13.2. The molecule has 0 saturated heterocycles. The third-order valence-corrected chi connectivity index (χ3v) is 4.30. The fourth-order valence-corrected chi connectivity index (χ4v) is 3.10. The summed E-state index contributed by atoms with van der Waals surface area (Å²) < 4.78 is 13.6. The Morgan fingerprint density at radius 2 is 2.18 bits per heavy atom. The Labute approximate surface area is 112 Å². The first-order valence-electron chi connectivity index (χ1n) is 5.08. The van der Waals surface area contributed by atoms with Crippen LogP contribution in [0.15, 0.2) is 34.1 Å². The zero-order valence-corrected chi connectivity index (χ0v) is 11.6. The minimum Gasteiger partial charge on any atom is -0.271 e. The van der Waals surface area contributed by atoms with E-state index in [0.29, 0.717) is 4.47 Å². The molecule has 0 bridgehead atoms. The van der Waals surface area contributed by atoms with Crippen LogP contribution >= 0.6 is 27.3 Å². The lowest BCUT2D eigenvalue weighted by atomic mass is 10.0. The number of hydrazine groups is 1. The van der Waals surface area contributed by atoms with Crippen LogP contribution in [0.2, 0.25) is 0 Å². The topological polar surface area (TPSA) is 38.0 Å². The third kappa shape index (κ3) is 2.57. The highest BCUT2D eigenvalue weighted by Gasteiger charge is 2.16. The molecule has 1 unspecified atom stereocenters. The van der Waals surface area contributed by atoms with Gasteiger partial charge in [-0.1, -0.05) is 6.07 Å². The standard InChI is InChI=1S/C12H12BrFN2S/c1-7-4-5-17-12(7)11(16-15)8-2-3-10(14)9(13)6-8/h2-6,11,16H,15H2,1H3. The number of nitrogens with one attached hydrogen (secondary N) is 1. The predicted molar refractivity (Wildman–Crippen MR) is 72.3 cm³/mol. The van der Waals surface area contributed by atoms with Crippen molar-refractivity contribution in [2.75, 3.05) is 0 Å². The molecule has 1 heterocycles. The van der Waals surface area contributed by atoms with E-state index in [1.807, 2.05) is 18.4 Å². The Morgan fingerprint density at radius 3 is 2.71 bits per heavy atom. The van der Waals surface area contributed by atoms with Crippen LogP contribution in [0.1, 0.15) is 22.0 Å². The lowest BCUT2D eigenvalue weighted by Gasteiger charge is -2.16. The Balaban J connectivity index is 2.42. The molecule has 0 radical (unpaired) electrons. The number of aryl methyl sites for hydroxylation is 1. The van der Waals surface area contributed by atoms with Gasteiger partial charge in [-0.05, 0) is 57.6 Å². The quantitative estimate of drug-likeness (QED) is 0.672. The van der Waals surface area contributed by atoms with Crippen molar-refractivity contribution in [3.8, 4) is 0 Å². The van der Waals surface area contributed by atoms with Crippen LogP contribution in [-0.2, 0) is 0 Å². The third-order valence-electron chi connectivity index (χ3n) is 2.61. The van der Waals surface area contributed by atoms with Gasteiger partial charge in [0.05, 0.1) is 10.5 Å². The zero-order valence-electron chi connectivity index (χ0n) is 9.21. The Morgan fingerprint density at radius 1 is 1.41 bits per heavy atom. The van der Waals surface area contributed by atoms with Crippen LogP contribution in [0.4, 0.5) is 4.39 Å². The average Bonchev–Trinajstić information content (AvgIpc) is 2.71. The smallest absolute Gasteiger partial charge is 0.137 e. The molecule has 0 spiro atoms. The van der Waals surface area contributed by atoms with E-state index in [2.05, 4.69) is 21.4 Å². The number of benzene rings is 1. The van der Waals surface area contributed by atoms with Crippen molar-refractivity contribution in [1.29, 1.82) is 0 Å². The van der Waals surface area contributed by atoms with E-state index in [9.17, 15) is 4.39 Å². The van der Waals surface area contributed by atoms with Crippen LogP contribution in [0.25, 0.3) is 0 Å². The fraction of sp³-hybridized carbons (Fsp3) is 0.167. The van der Waals surface area contributed by atoms with Crippen molar-refractivity contribution in [2.24, 2.45) is 5.84 Å². The molecule has 0 aliphatic carbocycles. The molecular weight excluding hydrogens is 303 g/mol. The minimum absolute atomic E-state index is 0.105. The highest BCUT2D eigenvalue weighted by Crippen LogP contribution is 2.30. The molecule has 0 aliphatic heterocycles. The van der Waals surface area contributed by atoms with Gasteiger partial charge in [0.25, 0.3) is 0 Å². The number of hydrogen-bond acceptors (Lipinski definition) is 3. The summed E-state index contributed by atoms with van der Waals surface area (Å²) in [5.41, 5.74) is 4.89. The minimum atomic E-state index is -0.271. The van der Waals surface area contributed by atoms with Crippen molar-refractivity contribution in [1.82, 2.24) is 5.43 Å². The Bertz CT molecular complexity index is 527. The van der Waals surface area contributed by atoms with Gasteiger partial charge in [0, 0.05) is 4.88 Å². The van der Waals surface area contributed by atoms with Gasteiger partial charge in [0.2, 0.25) is 0 Å². The molecule has 0 amide bonds. The molecule has 5 heteroatoms. The molecule has 0 fully saturated rings. The highest BCUT2D eigenvalue weighted by atomic mass is 79.9. The van der Waals surface area contributed by atoms with E-state index in [1.165, 1.54) is 11.6 Å². The van der Waals surface area contributed by atoms with E-state index < -0.39 is 0 Å². The summed E-state index contributed by atoms with van der Waals surface area (Å²) >= 11 is 4.82. The van der Waals surface area contributed by atoms with Crippen molar-refractivity contribution < 1.29 is 4.39 Å². The van der Waals surface area contributed by atoms with Crippen LogP contribution in [-0.4, -0.2) is 0 Å². The van der Waals surface area contributed by atoms with E-state index in [4.69, 9.17) is 5.84 Å². The van der Waals surface area contributed by atoms with Gasteiger partial charge in [-0.15, -0.1) is 11.3 Å². The van der Waals surface area contributed by atoms with Gasteiger partial charge in [0.15, 0.2) is 0 Å². The van der Waals surface area contributed by atoms with Crippen molar-refractivity contribution in [2.45, 2.75) is 13.0 Å². The average molecular weight is 315 g/mol. The molecule has 17 heavy (non-hydrogen) atoms. The van der Waals surface area contributed by atoms with Gasteiger partial charge < -0.3 is 0 Å². The Hall–Kier alpha value is -0.750. The molecular formula is C12H12BrFN2S. The molecule has 1 aromatic carbocycles.